The first-order chi connectivity index (χ1) is 34.0. The van der Waals surface area contributed by atoms with Crippen LogP contribution in [-0.2, 0) is 5.41 Å². The van der Waals surface area contributed by atoms with Gasteiger partial charge in [0, 0.05) is 73.7 Å². The van der Waals surface area contributed by atoms with E-state index in [1.165, 1.54) is 101 Å². The Morgan fingerprint density at radius 1 is 0.275 bits per heavy atom. The lowest BCUT2D eigenvalue weighted by Gasteiger charge is -2.44. The Morgan fingerprint density at radius 3 is 0.913 bits per heavy atom. The summed E-state index contributed by atoms with van der Waals surface area (Å²) >= 11 is 0. The van der Waals surface area contributed by atoms with E-state index in [-0.39, 0.29) is 18.8 Å². The summed E-state index contributed by atoms with van der Waals surface area (Å²) in [5.41, 5.74) is 27.5. The highest BCUT2D eigenvalue weighted by atomic mass is 15.2. The van der Waals surface area contributed by atoms with Crippen LogP contribution < -0.4 is 52.4 Å². The molecule has 69 heavy (non-hydrogen) atoms. The highest BCUT2D eigenvalue weighted by Crippen LogP contribution is 2.54. The van der Waals surface area contributed by atoms with Crippen molar-refractivity contribution in [3.8, 4) is 11.1 Å². The van der Waals surface area contributed by atoms with Gasteiger partial charge in [0.1, 0.15) is 0 Å². The summed E-state index contributed by atoms with van der Waals surface area (Å²) in [6.07, 6.45) is 0. The van der Waals surface area contributed by atoms with Gasteiger partial charge in [0.15, 0.2) is 0 Å². The molecule has 0 aromatic heterocycles. The van der Waals surface area contributed by atoms with E-state index in [4.69, 9.17) is 0 Å². The van der Waals surface area contributed by atoms with Gasteiger partial charge in [-0.2, -0.15) is 0 Å². The molecule has 10 aromatic rings. The highest BCUT2D eigenvalue weighted by Gasteiger charge is 2.48. The van der Waals surface area contributed by atoms with Crippen molar-refractivity contribution in [1.82, 2.24) is 0 Å². The van der Waals surface area contributed by atoms with Gasteiger partial charge in [-0.05, 0) is 152 Å². The third kappa shape index (κ3) is 5.26. The van der Waals surface area contributed by atoms with Crippen molar-refractivity contribution in [2.75, 3.05) is 19.6 Å². The summed E-state index contributed by atoms with van der Waals surface area (Å²) in [6.45, 7) is 4.99. The molecule has 5 aliphatic rings. The third-order valence-electron chi connectivity index (χ3n) is 15.8. The van der Waals surface area contributed by atoms with E-state index in [1.807, 2.05) is 0 Å². The van der Waals surface area contributed by atoms with Crippen LogP contribution in [0.2, 0.25) is 0 Å². The Bertz CT molecular complexity index is 3500. The fourth-order valence-corrected chi connectivity index (χ4v) is 12.9. The molecule has 0 N–H and O–H groups in total. The average Bonchev–Trinajstić information content (AvgIpc) is 3.61. The number of rotatable bonds is 4. The summed E-state index contributed by atoms with van der Waals surface area (Å²) in [5, 5.41) is 0. The second-order valence-corrected chi connectivity index (χ2v) is 19.6. The van der Waals surface area contributed by atoms with Gasteiger partial charge in [-0.3, -0.25) is 0 Å². The van der Waals surface area contributed by atoms with Gasteiger partial charge < -0.3 is 19.6 Å². The zero-order chi connectivity index (χ0) is 45.5. The van der Waals surface area contributed by atoms with Crippen molar-refractivity contribution in [2.24, 2.45) is 0 Å². The van der Waals surface area contributed by atoms with Crippen LogP contribution in [0.3, 0.4) is 0 Å². The van der Waals surface area contributed by atoms with Crippen molar-refractivity contribution >= 4 is 114 Å². The fourth-order valence-electron chi connectivity index (χ4n) is 12.9. The van der Waals surface area contributed by atoms with Crippen molar-refractivity contribution in [3.63, 3.8) is 0 Å². The molecule has 4 heterocycles. The normalized spacial score (nSPS) is 14.8. The number of hydrogen-bond acceptors (Lipinski definition) is 4. The molecule has 10 aromatic carbocycles. The summed E-state index contributed by atoms with van der Waals surface area (Å²) in [6, 6.07) is 86.0. The minimum absolute atomic E-state index is 0.0353. The molecule has 0 bridgehead atoms. The topological polar surface area (TPSA) is 13.0 Å². The minimum Gasteiger partial charge on any atom is -0.311 e. The summed E-state index contributed by atoms with van der Waals surface area (Å²) in [5.74, 6) is 0. The Hall–Kier alpha value is -8.47. The second-order valence-electron chi connectivity index (χ2n) is 19.6. The minimum atomic E-state index is -0.294. The zero-order valence-corrected chi connectivity index (χ0v) is 38.4. The summed E-state index contributed by atoms with van der Waals surface area (Å²) in [4.78, 5) is 10.0. The van der Waals surface area contributed by atoms with E-state index >= 15 is 0 Å². The first kappa shape index (κ1) is 38.6. The largest absolute Gasteiger partial charge is 0.311 e. The summed E-state index contributed by atoms with van der Waals surface area (Å²) in [7, 11) is 0. The first-order valence-corrected chi connectivity index (χ1v) is 24.3. The van der Waals surface area contributed by atoms with Crippen LogP contribution in [-0.4, -0.2) is 13.4 Å². The van der Waals surface area contributed by atoms with Crippen molar-refractivity contribution in [3.05, 3.63) is 242 Å². The molecule has 0 unspecified atom stereocenters. The van der Waals surface area contributed by atoms with E-state index in [0.29, 0.717) is 0 Å². The molecule has 4 nitrogen and oxygen atoms in total. The second kappa shape index (κ2) is 14.3. The lowest BCUT2D eigenvalue weighted by molar-refractivity contribution is 0.661. The average molecular weight is 879 g/mol. The lowest BCUT2D eigenvalue weighted by atomic mass is 9.33. The van der Waals surface area contributed by atoms with E-state index in [2.05, 4.69) is 264 Å². The number of nitrogens with zero attached hydrogens (tertiary/aromatic N) is 4. The summed E-state index contributed by atoms with van der Waals surface area (Å²) < 4.78 is 0. The predicted molar refractivity (Wildman–Crippen MR) is 292 cm³/mol. The molecule has 0 spiro atoms. The van der Waals surface area contributed by atoms with E-state index in [9.17, 15) is 0 Å². The number of hydrogen-bond donors (Lipinski definition) is 0. The number of para-hydroxylation sites is 6. The molecule has 0 saturated carbocycles. The van der Waals surface area contributed by atoms with Gasteiger partial charge in [0.2, 0.25) is 0 Å². The van der Waals surface area contributed by atoms with Gasteiger partial charge in [-0.1, -0.05) is 147 Å². The molecule has 0 amide bonds. The van der Waals surface area contributed by atoms with Crippen LogP contribution >= 0.6 is 0 Å². The number of anilines is 12. The molecule has 0 radical (unpaired) electrons. The monoisotopic (exact) mass is 878 g/mol. The van der Waals surface area contributed by atoms with Gasteiger partial charge in [0.05, 0.1) is 0 Å². The number of benzene rings is 10. The highest BCUT2D eigenvalue weighted by molar-refractivity contribution is 7.01. The van der Waals surface area contributed by atoms with Crippen molar-refractivity contribution in [1.29, 1.82) is 0 Å². The van der Waals surface area contributed by atoms with Gasteiger partial charge in [0.25, 0.3) is 13.4 Å². The first-order valence-electron chi connectivity index (χ1n) is 24.3. The molecule has 322 valence electrons. The lowest BCUT2D eigenvalue weighted by Crippen LogP contribution is -2.61. The predicted octanol–water partition coefficient (Wildman–Crippen LogP) is 12.2. The van der Waals surface area contributed by atoms with Crippen LogP contribution in [0.25, 0.3) is 11.1 Å². The molecular weight excluding hydrogens is 834 g/mol. The van der Waals surface area contributed by atoms with Crippen molar-refractivity contribution < 1.29 is 0 Å². The SMILES string of the molecule is CC1(C)c2cc3c(cc2-c2cc4c(cc21)B1c2ccccc2N(c2ccccc2)c2cccc(c21)N4c1ccccc1)N(c1ccccc1)c1cccc2c1B3c1ccccc1N2c1ccccc1. The molecule has 15 rings (SSSR count). The molecule has 6 heteroatoms. The quantitative estimate of drug-likeness (QED) is 0.163. The van der Waals surface area contributed by atoms with E-state index < -0.39 is 0 Å². The maximum absolute atomic E-state index is 2.61. The number of fused-ring (bicyclic) bond motifs is 11. The Balaban J connectivity index is 0.989. The Labute approximate surface area is 404 Å². The zero-order valence-electron chi connectivity index (χ0n) is 38.4. The maximum Gasteiger partial charge on any atom is 0.252 e. The van der Waals surface area contributed by atoms with Gasteiger partial charge in [-0.25, -0.2) is 0 Å². The smallest absolute Gasteiger partial charge is 0.252 e. The van der Waals surface area contributed by atoms with Crippen LogP contribution in [0.1, 0.15) is 25.0 Å². The fraction of sp³-hybridized carbons (Fsp3) is 0.0476. The van der Waals surface area contributed by atoms with Crippen LogP contribution in [0, 0.1) is 0 Å². The van der Waals surface area contributed by atoms with Crippen LogP contribution in [0.15, 0.2) is 231 Å². The van der Waals surface area contributed by atoms with Gasteiger partial charge in [-0.15, -0.1) is 0 Å². The van der Waals surface area contributed by atoms with Crippen LogP contribution in [0.5, 0.6) is 0 Å². The molecule has 0 saturated heterocycles. The van der Waals surface area contributed by atoms with Crippen LogP contribution in [0.4, 0.5) is 68.2 Å². The van der Waals surface area contributed by atoms with E-state index in [1.54, 1.807) is 0 Å². The molecular formula is C63H44B2N4. The van der Waals surface area contributed by atoms with Gasteiger partial charge >= 0.3 is 0 Å². The Morgan fingerprint density at radius 2 is 0.565 bits per heavy atom. The van der Waals surface area contributed by atoms with E-state index in [0.717, 1.165) is 22.7 Å². The molecule has 0 atom stereocenters. The molecule has 1 aliphatic carbocycles. The van der Waals surface area contributed by atoms with Crippen molar-refractivity contribution in [2.45, 2.75) is 19.3 Å². The standard InChI is InChI=1S/C63H44B2N4/c1-63(2)47-39-51-59(68(43-25-11-5-12-26-43)57-35-19-33-55-61(57)64(51)49-29-15-17-31-53(49)66(55)41-21-7-3-8-22-41)37-45(47)46-38-60-52(40-48(46)63)65-50-30-16-18-32-54(50)67(42-23-9-4-10-24-42)56-34-20-36-58(62(56)65)69(60)44-27-13-6-14-28-44/h3-40H,1-2H3. The maximum atomic E-state index is 2.61. The third-order valence-corrected chi connectivity index (χ3v) is 15.8. The Kier molecular flexibility index (Phi) is 7.99. The molecule has 0 fully saturated rings. The molecule has 4 aliphatic heterocycles.